The van der Waals surface area contributed by atoms with Gasteiger partial charge < -0.3 is 10.1 Å². The number of piperidine rings is 1. The monoisotopic (exact) mass is 218 g/mol. The van der Waals surface area contributed by atoms with Crippen molar-refractivity contribution < 1.29 is 8.95 Å². The average Bonchev–Trinajstić information content (AvgIpc) is 2.49. The maximum absolute atomic E-state index is 12.0. The van der Waals surface area contributed by atoms with Crippen LogP contribution in [0.2, 0.25) is 0 Å². The molecule has 2 fully saturated rings. The summed E-state index contributed by atoms with van der Waals surface area (Å²) in [6, 6.07) is 0. The number of hydrogen-bond donors (Lipinski definition) is 1. The number of hydrogen-bond acceptors (Lipinski definition) is 3. The van der Waals surface area contributed by atoms with Crippen molar-refractivity contribution in [1.29, 1.82) is 0 Å². The third-order valence-corrected chi connectivity index (χ3v) is 4.42. The van der Waals surface area contributed by atoms with Gasteiger partial charge in [-0.3, -0.25) is 4.21 Å². The Hall–Kier alpha value is -0.100. The van der Waals surface area contributed by atoms with Crippen molar-refractivity contribution >= 4 is 15.6 Å². The van der Waals surface area contributed by atoms with Crippen molar-refractivity contribution in [3.63, 3.8) is 0 Å². The third-order valence-electron chi connectivity index (χ3n) is 2.97. The smallest absolute Gasteiger partial charge is 0.134 e. The zero-order valence-corrected chi connectivity index (χ0v) is 9.44. The van der Waals surface area contributed by atoms with E-state index in [9.17, 15) is 4.21 Å². The van der Waals surface area contributed by atoms with Gasteiger partial charge in [-0.05, 0) is 19.0 Å². The van der Waals surface area contributed by atoms with Crippen molar-refractivity contribution in [2.75, 3.05) is 32.5 Å². The molecule has 14 heavy (non-hydrogen) atoms. The van der Waals surface area contributed by atoms with Crippen molar-refractivity contribution in [2.45, 2.75) is 18.6 Å². The fourth-order valence-corrected chi connectivity index (χ4v) is 3.75. The Morgan fingerprint density at radius 1 is 1.50 bits per heavy atom. The van der Waals surface area contributed by atoms with Crippen LogP contribution in [-0.2, 0) is 14.4 Å². The van der Waals surface area contributed by atoms with Gasteiger partial charge in [0, 0.05) is 35.3 Å². The van der Waals surface area contributed by atoms with Gasteiger partial charge in [0.1, 0.15) is 5.72 Å². The van der Waals surface area contributed by atoms with E-state index in [4.69, 9.17) is 4.74 Å². The number of nitrogens with one attached hydrogen (secondary N) is 1. The van der Waals surface area contributed by atoms with Gasteiger partial charge in [-0.1, -0.05) is 0 Å². The first-order valence-electron chi connectivity index (χ1n) is 4.99. The van der Waals surface area contributed by atoms with E-state index in [2.05, 4.69) is 11.2 Å². The van der Waals surface area contributed by atoms with Crippen LogP contribution < -0.4 is 5.32 Å². The lowest BCUT2D eigenvalue weighted by Crippen LogP contribution is -2.53. The molecular weight excluding hydrogens is 200 g/mol. The number of ether oxygens (including phenoxy) is 1. The Labute approximate surface area is 85.8 Å². The predicted molar refractivity (Wildman–Crippen MR) is 58.7 cm³/mol. The lowest BCUT2D eigenvalue weighted by atomic mass is 10.0. The van der Waals surface area contributed by atoms with Gasteiger partial charge in [-0.15, -0.1) is 0 Å². The van der Waals surface area contributed by atoms with Gasteiger partial charge in [-0.25, -0.2) is 4.31 Å². The summed E-state index contributed by atoms with van der Waals surface area (Å²) in [6.45, 7) is 3.30. The number of rotatable bonds is 1. The summed E-state index contributed by atoms with van der Waals surface area (Å²) < 4.78 is 19.7. The minimum atomic E-state index is -2.13. The molecule has 1 unspecified atom stereocenters. The summed E-state index contributed by atoms with van der Waals surface area (Å²) in [6.07, 6.45) is 3.52. The van der Waals surface area contributed by atoms with Crippen LogP contribution in [0.3, 0.4) is 0 Å². The van der Waals surface area contributed by atoms with Crippen molar-refractivity contribution in [2.24, 2.45) is 0 Å². The molecule has 1 spiro atoms. The number of nitrogens with zero attached hydrogens (tertiary/aromatic N) is 1. The van der Waals surface area contributed by atoms with Gasteiger partial charge >= 0.3 is 0 Å². The molecule has 0 bridgehead atoms. The minimum absolute atomic E-state index is 0.293. The van der Waals surface area contributed by atoms with E-state index in [0.717, 1.165) is 32.5 Å². The maximum atomic E-state index is 12.0. The first-order valence-corrected chi connectivity index (χ1v) is 7.09. The Morgan fingerprint density at radius 3 is 2.71 bits per heavy atom. The molecule has 0 amide bonds. The second-order valence-electron chi connectivity index (χ2n) is 4.11. The molecule has 2 rings (SSSR count). The topological polar surface area (TPSA) is 41.6 Å². The lowest BCUT2D eigenvalue weighted by Gasteiger charge is -2.40. The second-order valence-corrected chi connectivity index (χ2v) is 6.47. The van der Waals surface area contributed by atoms with Gasteiger partial charge in [-0.2, -0.15) is 0 Å². The quantitative estimate of drug-likeness (QED) is 0.612. The molecular formula is C9H18N2O2S. The summed E-state index contributed by atoms with van der Waals surface area (Å²) >= 11 is 0. The fraction of sp³-hybridized carbons (Fsp3) is 0.889. The molecule has 2 heterocycles. The molecule has 0 saturated carbocycles. The zero-order chi connectivity index (χ0) is 10.2. The fourth-order valence-electron chi connectivity index (χ4n) is 2.35. The van der Waals surface area contributed by atoms with Gasteiger partial charge in [0.25, 0.3) is 0 Å². The zero-order valence-electron chi connectivity index (χ0n) is 8.62. The van der Waals surface area contributed by atoms with Crippen LogP contribution in [0, 0.1) is 0 Å². The van der Waals surface area contributed by atoms with E-state index < -0.39 is 9.71 Å². The van der Waals surface area contributed by atoms with E-state index in [1.807, 2.05) is 4.31 Å². The Kier molecular flexibility index (Phi) is 2.59. The standard InChI is InChI=1S/C9H18N2O2S/c1-14(2,12)11-7-8-13-9(11)3-5-10-6-4-9/h10H,1,3-8H2,2H3. The summed E-state index contributed by atoms with van der Waals surface area (Å²) in [5.74, 6) is 3.76. The molecule has 0 radical (unpaired) electrons. The molecule has 1 N–H and O–H groups in total. The van der Waals surface area contributed by atoms with Gasteiger partial charge in [0.15, 0.2) is 0 Å². The summed E-state index contributed by atoms with van der Waals surface area (Å²) in [4.78, 5) is 0. The molecule has 0 aliphatic carbocycles. The van der Waals surface area contributed by atoms with E-state index >= 15 is 0 Å². The van der Waals surface area contributed by atoms with Crippen LogP contribution in [-0.4, -0.2) is 52.6 Å². The SMILES string of the molecule is C=S(C)(=O)N1CCOC12CCNCC2. The molecule has 0 aromatic heterocycles. The van der Waals surface area contributed by atoms with Crippen LogP contribution in [0.4, 0.5) is 0 Å². The van der Waals surface area contributed by atoms with E-state index in [-0.39, 0.29) is 5.72 Å². The van der Waals surface area contributed by atoms with Crippen molar-refractivity contribution in [1.82, 2.24) is 9.62 Å². The minimum Gasteiger partial charge on any atom is -0.358 e. The van der Waals surface area contributed by atoms with Crippen LogP contribution in [0.15, 0.2) is 0 Å². The van der Waals surface area contributed by atoms with E-state index in [1.165, 1.54) is 0 Å². The molecule has 82 valence electrons. The highest BCUT2D eigenvalue weighted by atomic mass is 32.2. The van der Waals surface area contributed by atoms with Crippen LogP contribution in [0.5, 0.6) is 0 Å². The van der Waals surface area contributed by atoms with Gasteiger partial charge in [0.2, 0.25) is 0 Å². The van der Waals surface area contributed by atoms with Crippen molar-refractivity contribution in [3.05, 3.63) is 0 Å². The highest BCUT2D eigenvalue weighted by Gasteiger charge is 2.45. The Bertz CT molecular complexity index is 307. The third kappa shape index (κ3) is 1.69. The predicted octanol–water partition coefficient (Wildman–Crippen LogP) is -0.340. The molecule has 5 heteroatoms. The second kappa shape index (κ2) is 3.48. The van der Waals surface area contributed by atoms with Gasteiger partial charge in [0.05, 0.1) is 6.61 Å². The Balaban J connectivity index is 2.24. The first-order chi connectivity index (χ1) is 6.55. The summed E-state index contributed by atoms with van der Waals surface area (Å²) in [5.41, 5.74) is -0.293. The average molecular weight is 218 g/mol. The molecule has 4 nitrogen and oxygen atoms in total. The van der Waals surface area contributed by atoms with E-state index in [0.29, 0.717) is 6.61 Å². The molecule has 2 aliphatic heterocycles. The summed E-state index contributed by atoms with van der Waals surface area (Å²) in [5, 5.41) is 3.29. The summed E-state index contributed by atoms with van der Waals surface area (Å²) in [7, 11) is -2.13. The largest absolute Gasteiger partial charge is 0.358 e. The molecule has 0 aromatic carbocycles. The Morgan fingerprint density at radius 2 is 2.14 bits per heavy atom. The first kappa shape index (κ1) is 10.4. The highest BCUT2D eigenvalue weighted by Crippen LogP contribution is 2.33. The van der Waals surface area contributed by atoms with E-state index in [1.54, 1.807) is 6.26 Å². The highest BCUT2D eigenvalue weighted by molar-refractivity contribution is 7.97. The molecule has 1 atom stereocenters. The molecule has 2 saturated heterocycles. The molecule has 0 aromatic rings. The molecule has 2 aliphatic rings. The van der Waals surface area contributed by atoms with Crippen molar-refractivity contribution in [3.8, 4) is 0 Å². The van der Waals surface area contributed by atoms with Crippen LogP contribution in [0.1, 0.15) is 12.8 Å². The normalized spacial score (nSPS) is 31.8. The van der Waals surface area contributed by atoms with Crippen LogP contribution >= 0.6 is 0 Å². The maximum Gasteiger partial charge on any atom is 0.134 e. The van der Waals surface area contributed by atoms with Crippen LogP contribution in [0.25, 0.3) is 0 Å². The lowest BCUT2D eigenvalue weighted by molar-refractivity contribution is -0.0689.